The zero-order valence-electron chi connectivity index (χ0n) is 11.2. The fourth-order valence-electron chi connectivity index (χ4n) is 1.49. The molecule has 0 aliphatic carbocycles. The lowest BCUT2D eigenvalue weighted by molar-refractivity contribution is -0.122. The molecule has 0 spiro atoms. The Labute approximate surface area is 112 Å². The molecule has 19 heavy (non-hydrogen) atoms. The van der Waals surface area contributed by atoms with Crippen molar-refractivity contribution in [2.75, 3.05) is 13.2 Å². The van der Waals surface area contributed by atoms with Crippen LogP contribution >= 0.6 is 0 Å². The van der Waals surface area contributed by atoms with E-state index in [1.54, 1.807) is 6.07 Å². The molecule has 0 saturated heterocycles. The van der Waals surface area contributed by atoms with Crippen molar-refractivity contribution in [2.24, 2.45) is 5.92 Å². The lowest BCUT2D eigenvalue weighted by atomic mass is 10.1. The standard InChI is InChI=1S/C13H20N2O4/c1-9(2)11(7-16)15-12(17)3-5-14-13(18)10-4-6-19-8-10/h4,6,8-9,11,16H,3,5,7H2,1-2H3,(H,14,18)(H,15,17). The van der Waals surface area contributed by atoms with Crippen LogP contribution in [-0.4, -0.2) is 36.1 Å². The zero-order chi connectivity index (χ0) is 14.3. The Bertz CT molecular complexity index is 401. The summed E-state index contributed by atoms with van der Waals surface area (Å²) in [5, 5.41) is 14.4. The maximum atomic E-state index is 11.6. The molecule has 1 rings (SSSR count). The minimum absolute atomic E-state index is 0.0925. The summed E-state index contributed by atoms with van der Waals surface area (Å²) in [5.41, 5.74) is 0.427. The van der Waals surface area contributed by atoms with Crippen molar-refractivity contribution in [3.63, 3.8) is 0 Å². The number of hydrogen-bond acceptors (Lipinski definition) is 4. The van der Waals surface area contributed by atoms with Crippen molar-refractivity contribution in [3.8, 4) is 0 Å². The number of carbonyl (C=O) groups is 2. The van der Waals surface area contributed by atoms with E-state index in [9.17, 15) is 9.59 Å². The zero-order valence-corrected chi connectivity index (χ0v) is 11.2. The van der Waals surface area contributed by atoms with E-state index < -0.39 is 0 Å². The van der Waals surface area contributed by atoms with Crippen LogP contribution in [-0.2, 0) is 4.79 Å². The molecular weight excluding hydrogens is 248 g/mol. The molecule has 0 aliphatic rings. The maximum absolute atomic E-state index is 11.6. The molecule has 1 unspecified atom stereocenters. The quantitative estimate of drug-likeness (QED) is 0.672. The van der Waals surface area contributed by atoms with Crippen molar-refractivity contribution in [1.29, 1.82) is 0 Å². The minimum Gasteiger partial charge on any atom is -0.472 e. The monoisotopic (exact) mass is 268 g/mol. The van der Waals surface area contributed by atoms with Crippen molar-refractivity contribution in [3.05, 3.63) is 24.2 Å². The molecule has 6 heteroatoms. The number of hydrogen-bond donors (Lipinski definition) is 3. The van der Waals surface area contributed by atoms with Crippen LogP contribution in [0.25, 0.3) is 0 Å². The summed E-state index contributed by atoms with van der Waals surface area (Å²) in [6.45, 7) is 3.99. The van der Waals surface area contributed by atoms with Gasteiger partial charge in [-0.05, 0) is 12.0 Å². The van der Waals surface area contributed by atoms with E-state index in [1.165, 1.54) is 12.5 Å². The summed E-state index contributed by atoms with van der Waals surface area (Å²) >= 11 is 0. The first kappa shape index (κ1) is 15.2. The minimum atomic E-state index is -0.274. The largest absolute Gasteiger partial charge is 0.472 e. The molecule has 0 bridgehead atoms. The molecule has 1 atom stereocenters. The number of carbonyl (C=O) groups excluding carboxylic acids is 2. The summed E-state index contributed by atoms with van der Waals surface area (Å²) in [4.78, 5) is 23.1. The highest BCUT2D eigenvalue weighted by atomic mass is 16.3. The number of aliphatic hydroxyl groups excluding tert-OH is 1. The van der Waals surface area contributed by atoms with Crippen molar-refractivity contribution in [2.45, 2.75) is 26.3 Å². The highest BCUT2D eigenvalue weighted by molar-refractivity contribution is 5.94. The Balaban J connectivity index is 2.25. The Morgan fingerprint density at radius 1 is 1.42 bits per heavy atom. The van der Waals surface area contributed by atoms with Gasteiger partial charge in [-0.1, -0.05) is 13.8 Å². The first-order chi connectivity index (χ1) is 9.04. The third-order valence-electron chi connectivity index (χ3n) is 2.77. The van der Waals surface area contributed by atoms with Crippen LogP contribution < -0.4 is 10.6 Å². The fourth-order valence-corrected chi connectivity index (χ4v) is 1.49. The summed E-state index contributed by atoms with van der Waals surface area (Å²) in [5.74, 6) is -0.307. The van der Waals surface area contributed by atoms with Crippen LogP contribution in [0.4, 0.5) is 0 Å². The normalized spacial score (nSPS) is 12.2. The first-order valence-corrected chi connectivity index (χ1v) is 6.25. The van der Waals surface area contributed by atoms with Gasteiger partial charge in [-0.3, -0.25) is 9.59 Å². The molecule has 0 fully saturated rings. The molecule has 0 radical (unpaired) electrons. The van der Waals surface area contributed by atoms with E-state index in [0.717, 1.165) is 0 Å². The van der Waals surface area contributed by atoms with Gasteiger partial charge in [0, 0.05) is 13.0 Å². The summed E-state index contributed by atoms with van der Waals surface area (Å²) in [6.07, 6.45) is 2.93. The molecule has 106 valence electrons. The molecular formula is C13H20N2O4. The molecule has 0 aliphatic heterocycles. The number of rotatable bonds is 7. The van der Waals surface area contributed by atoms with Crippen molar-refractivity contribution < 1.29 is 19.1 Å². The average Bonchev–Trinajstić information content (AvgIpc) is 2.89. The Hall–Kier alpha value is -1.82. The summed E-state index contributed by atoms with van der Waals surface area (Å²) < 4.78 is 4.79. The van der Waals surface area contributed by atoms with Gasteiger partial charge in [-0.15, -0.1) is 0 Å². The van der Waals surface area contributed by atoms with Gasteiger partial charge in [0.15, 0.2) is 0 Å². The Kier molecular flexibility index (Phi) is 6.08. The fraction of sp³-hybridized carbons (Fsp3) is 0.538. The molecule has 1 aromatic rings. The van der Waals surface area contributed by atoms with Crippen LogP contribution in [0, 0.1) is 5.92 Å². The van der Waals surface area contributed by atoms with E-state index >= 15 is 0 Å². The van der Waals surface area contributed by atoms with Crippen molar-refractivity contribution >= 4 is 11.8 Å². The van der Waals surface area contributed by atoms with Crippen molar-refractivity contribution in [1.82, 2.24) is 10.6 Å². The average molecular weight is 268 g/mol. The van der Waals surface area contributed by atoms with Crippen LogP contribution in [0.15, 0.2) is 23.0 Å². The Morgan fingerprint density at radius 3 is 2.68 bits per heavy atom. The third-order valence-corrected chi connectivity index (χ3v) is 2.77. The second-order valence-electron chi connectivity index (χ2n) is 4.62. The SMILES string of the molecule is CC(C)C(CO)NC(=O)CCNC(=O)c1ccoc1. The lowest BCUT2D eigenvalue weighted by Gasteiger charge is -2.19. The highest BCUT2D eigenvalue weighted by Gasteiger charge is 2.15. The number of furan rings is 1. The van der Waals surface area contributed by atoms with E-state index in [4.69, 9.17) is 9.52 Å². The number of aliphatic hydroxyl groups is 1. The summed E-state index contributed by atoms with van der Waals surface area (Å²) in [7, 11) is 0. The smallest absolute Gasteiger partial charge is 0.254 e. The van der Waals surface area contributed by atoms with Crippen LogP contribution in [0.5, 0.6) is 0 Å². The van der Waals surface area contributed by atoms with Gasteiger partial charge in [0.2, 0.25) is 5.91 Å². The molecule has 1 aromatic heterocycles. The number of amides is 2. The van der Waals surface area contributed by atoms with E-state index in [0.29, 0.717) is 5.56 Å². The van der Waals surface area contributed by atoms with Crippen LogP contribution in [0.1, 0.15) is 30.6 Å². The van der Waals surface area contributed by atoms with Gasteiger partial charge in [0.05, 0.1) is 24.5 Å². The van der Waals surface area contributed by atoms with Crippen LogP contribution in [0.3, 0.4) is 0 Å². The van der Waals surface area contributed by atoms with E-state index in [2.05, 4.69) is 10.6 Å². The highest BCUT2D eigenvalue weighted by Crippen LogP contribution is 2.01. The second kappa shape index (κ2) is 7.58. The van der Waals surface area contributed by atoms with Gasteiger partial charge in [0.1, 0.15) is 6.26 Å². The molecule has 3 N–H and O–H groups in total. The topological polar surface area (TPSA) is 91.6 Å². The van der Waals surface area contributed by atoms with E-state index in [1.807, 2.05) is 13.8 Å². The second-order valence-corrected chi connectivity index (χ2v) is 4.62. The Morgan fingerprint density at radius 2 is 2.16 bits per heavy atom. The maximum Gasteiger partial charge on any atom is 0.254 e. The molecule has 2 amide bonds. The molecule has 0 saturated carbocycles. The van der Waals surface area contributed by atoms with Crippen LogP contribution in [0.2, 0.25) is 0 Å². The van der Waals surface area contributed by atoms with Gasteiger partial charge in [0.25, 0.3) is 5.91 Å². The predicted molar refractivity (Wildman–Crippen MR) is 69.5 cm³/mol. The number of nitrogens with one attached hydrogen (secondary N) is 2. The molecule has 1 heterocycles. The summed E-state index contributed by atoms with van der Waals surface area (Å²) in [6, 6.07) is 1.30. The molecule has 6 nitrogen and oxygen atoms in total. The lowest BCUT2D eigenvalue weighted by Crippen LogP contribution is -2.42. The van der Waals surface area contributed by atoms with Gasteiger partial charge in [-0.2, -0.15) is 0 Å². The van der Waals surface area contributed by atoms with E-state index in [-0.39, 0.29) is 43.3 Å². The predicted octanol–water partition coefficient (Wildman–Crippen LogP) is 0.533. The molecule has 0 aromatic carbocycles. The van der Waals surface area contributed by atoms with Gasteiger partial charge in [-0.25, -0.2) is 0 Å². The third kappa shape index (κ3) is 5.13. The van der Waals surface area contributed by atoms with Gasteiger partial charge >= 0.3 is 0 Å². The van der Waals surface area contributed by atoms with Gasteiger partial charge < -0.3 is 20.2 Å². The first-order valence-electron chi connectivity index (χ1n) is 6.25.